The Kier molecular flexibility index (Phi) is 2.77. The number of fused-ring (bicyclic) bond motifs is 1. The Hall–Kier alpha value is -1.29. The fourth-order valence-electron chi connectivity index (χ4n) is 1.90. The first-order valence-electron chi connectivity index (χ1n) is 5.14. The quantitative estimate of drug-likeness (QED) is 0.775. The van der Waals surface area contributed by atoms with Crippen molar-refractivity contribution in [2.75, 3.05) is 29.9 Å². The third kappa shape index (κ3) is 2.04. The Balaban J connectivity index is 2.30. The van der Waals surface area contributed by atoms with Crippen LogP contribution in [0.1, 0.15) is 6.92 Å². The van der Waals surface area contributed by atoms with E-state index in [1.807, 2.05) is 11.0 Å². The maximum Gasteiger partial charge on any atom is 0.148 e. The summed E-state index contributed by atoms with van der Waals surface area (Å²) < 4.78 is 13.4. The number of benzene rings is 1. The van der Waals surface area contributed by atoms with E-state index in [-0.39, 0.29) is 5.82 Å². The molecule has 2 N–H and O–H groups in total. The number of anilines is 2. The Morgan fingerprint density at radius 2 is 2.40 bits per heavy atom. The van der Waals surface area contributed by atoms with E-state index in [0.717, 1.165) is 12.2 Å². The molecule has 1 aliphatic heterocycles. The summed E-state index contributed by atoms with van der Waals surface area (Å²) in [5.74, 6) is -0.234. The Morgan fingerprint density at radius 3 is 3.13 bits per heavy atom. The van der Waals surface area contributed by atoms with Crippen molar-refractivity contribution in [1.29, 1.82) is 0 Å². The van der Waals surface area contributed by atoms with Gasteiger partial charge in [0.25, 0.3) is 0 Å². The molecule has 1 unspecified atom stereocenters. The van der Waals surface area contributed by atoms with E-state index in [2.05, 4.69) is 5.32 Å². The topological polar surface area (TPSA) is 35.5 Å². The molecular formula is C11H15FN2O. The van der Waals surface area contributed by atoms with Crippen molar-refractivity contribution in [2.45, 2.75) is 13.0 Å². The second kappa shape index (κ2) is 4.06. The standard InChI is InChI=1S/C11H15FN2O/c1-8(15)7-14-6-5-13-11-9(12)3-2-4-10(11)14/h2-4,8,13,15H,5-7H2,1H3. The average Bonchev–Trinajstić information content (AvgIpc) is 2.19. The molecule has 0 spiro atoms. The molecule has 82 valence electrons. The predicted molar refractivity (Wildman–Crippen MR) is 58.8 cm³/mol. The molecule has 3 nitrogen and oxygen atoms in total. The summed E-state index contributed by atoms with van der Waals surface area (Å²) in [6, 6.07) is 5.00. The minimum absolute atomic E-state index is 0.234. The minimum atomic E-state index is -0.404. The number of rotatable bonds is 2. The molecule has 15 heavy (non-hydrogen) atoms. The fraction of sp³-hybridized carbons (Fsp3) is 0.455. The SMILES string of the molecule is CC(O)CN1CCNc2c(F)cccc21. The summed E-state index contributed by atoms with van der Waals surface area (Å²) in [5, 5.41) is 12.4. The molecule has 0 bridgehead atoms. The maximum atomic E-state index is 13.4. The lowest BCUT2D eigenvalue weighted by molar-refractivity contribution is 0.200. The highest BCUT2D eigenvalue weighted by Crippen LogP contribution is 2.31. The van der Waals surface area contributed by atoms with Crippen LogP contribution in [0, 0.1) is 5.82 Å². The monoisotopic (exact) mass is 210 g/mol. The van der Waals surface area contributed by atoms with Crippen LogP contribution in [-0.2, 0) is 0 Å². The molecule has 0 radical (unpaired) electrons. The largest absolute Gasteiger partial charge is 0.392 e. The lowest BCUT2D eigenvalue weighted by Gasteiger charge is -2.32. The lowest BCUT2D eigenvalue weighted by atomic mass is 10.1. The maximum absolute atomic E-state index is 13.4. The third-order valence-corrected chi connectivity index (χ3v) is 2.50. The Morgan fingerprint density at radius 1 is 1.60 bits per heavy atom. The number of halogens is 1. The molecule has 0 aliphatic carbocycles. The predicted octanol–water partition coefficient (Wildman–Crippen LogP) is 1.44. The van der Waals surface area contributed by atoms with E-state index >= 15 is 0 Å². The molecule has 1 aromatic rings. The number of aliphatic hydroxyl groups excluding tert-OH is 1. The number of nitrogens with zero attached hydrogens (tertiary/aromatic N) is 1. The molecule has 0 saturated heterocycles. The van der Waals surface area contributed by atoms with Crippen molar-refractivity contribution in [2.24, 2.45) is 0 Å². The van der Waals surface area contributed by atoms with Crippen molar-refractivity contribution >= 4 is 11.4 Å². The van der Waals surface area contributed by atoms with Gasteiger partial charge in [-0.25, -0.2) is 4.39 Å². The van der Waals surface area contributed by atoms with Crippen LogP contribution >= 0.6 is 0 Å². The van der Waals surface area contributed by atoms with Gasteiger partial charge in [-0.2, -0.15) is 0 Å². The van der Waals surface area contributed by atoms with Crippen LogP contribution in [0.15, 0.2) is 18.2 Å². The third-order valence-electron chi connectivity index (χ3n) is 2.50. The van der Waals surface area contributed by atoms with Crippen molar-refractivity contribution in [3.8, 4) is 0 Å². The zero-order valence-electron chi connectivity index (χ0n) is 8.70. The molecule has 2 rings (SSSR count). The molecule has 0 aromatic heterocycles. The summed E-state index contributed by atoms with van der Waals surface area (Å²) >= 11 is 0. The van der Waals surface area contributed by atoms with Crippen LogP contribution in [0.3, 0.4) is 0 Å². The van der Waals surface area contributed by atoms with E-state index in [1.165, 1.54) is 6.07 Å². The highest BCUT2D eigenvalue weighted by molar-refractivity contribution is 5.72. The smallest absolute Gasteiger partial charge is 0.148 e. The molecule has 4 heteroatoms. The molecule has 1 aromatic carbocycles. The summed E-state index contributed by atoms with van der Waals surface area (Å²) in [6.07, 6.45) is -0.404. The number of aliphatic hydroxyl groups is 1. The van der Waals surface area contributed by atoms with Crippen LogP contribution in [0.25, 0.3) is 0 Å². The van der Waals surface area contributed by atoms with Gasteiger partial charge in [0.15, 0.2) is 0 Å². The van der Waals surface area contributed by atoms with Gasteiger partial charge in [0.1, 0.15) is 5.82 Å². The number of β-amino-alcohol motifs (C(OH)–C–C–N with tert-alkyl or cyclic N) is 1. The lowest BCUT2D eigenvalue weighted by Crippen LogP contribution is -2.38. The van der Waals surface area contributed by atoms with Gasteiger partial charge in [0.2, 0.25) is 0 Å². The molecule has 1 heterocycles. The van der Waals surface area contributed by atoms with Crippen LogP contribution in [0.4, 0.5) is 15.8 Å². The van der Waals surface area contributed by atoms with Gasteiger partial charge in [-0.1, -0.05) is 6.07 Å². The number of hydrogen-bond donors (Lipinski definition) is 2. The van der Waals surface area contributed by atoms with Gasteiger partial charge >= 0.3 is 0 Å². The van der Waals surface area contributed by atoms with Crippen molar-refractivity contribution < 1.29 is 9.50 Å². The second-order valence-electron chi connectivity index (χ2n) is 3.86. The normalized spacial score (nSPS) is 16.9. The van der Waals surface area contributed by atoms with E-state index in [1.54, 1.807) is 13.0 Å². The van der Waals surface area contributed by atoms with Crippen molar-refractivity contribution in [3.63, 3.8) is 0 Å². The zero-order chi connectivity index (χ0) is 10.8. The van der Waals surface area contributed by atoms with Gasteiger partial charge in [0, 0.05) is 19.6 Å². The Labute approximate surface area is 88.5 Å². The fourth-order valence-corrected chi connectivity index (χ4v) is 1.90. The summed E-state index contributed by atoms with van der Waals surface area (Å²) in [6.45, 7) is 3.78. The van der Waals surface area contributed by atoms with E-state index in [0.29, 0.717) is 18.8 Å². The molecule has 0 amide bonds. The summed E-state index contributed by atoms with van der Waals surface area (Å²) in [4.78, 5) is 2.00. The summed E-state index contributed by atoms with van der Waals surface area (Å²) in [7, 11) is 0. The average molecular weight is 210 g/mol. The molecule has 1 atom stereocenters. The highest BCUT2D eigenvalue weighted by atomic mass is 19.1. The minimum Gasteiger partial charge on any atom is -0.392 e. The van der Waals surface area contributed by atoms with Crippen molar-refractivity contribution in [1.82, 2.24) is 0 Å². The first-order valence-corrected chi connectivity index (χ1v) is 5.14. The first-order chi connectivity index (χ1) is 7.18. The van der Waals surface area contributed by atoms with E-state index in [4.69, 9.17) is 0 Å². The number of hydrogen-bond acceptors (Lipinski definition) is 3. The summed E-state index contributed by atoms with van der Waals surface area (Å²) in [5.41, 5.74) is 1.38. The van der Waals surface area contributed by atoms with Gasteiger partial charge in [-0.3, -0.25) is 0 Å². The van der Waals surface area contributed by atoms with Gasteiger partial charge in [-0.15, -0.1) is 0 Å². The highest BCUT2D eigenvalue weighted by Gasteiger charge is 2.19. The van der Waals surface area contributed by atoms with Crippen molar-refractivity contribution in [3.05, 3.63) is 24.0 Å². The van der Waals surface area contributed by atoms with Gasteiger partial charge < -0.3 is 15.3 Å². The zero-order valence-corrected chi connectivity index (χ0v) is 8.70. The van der Waals surface area contributed by atoms with Gasteiger partial charge in [-0.05, 0) is 19.1 Å². The number of para-hydroxylation sites is 1. The van der Waals surface area contributed by atoms with Crippen LogP contribution < -0.4 is 10.2 Å². The van der Waals surface area contributed by atoms with Crippen LogP contribution in [-0.4, -0.2) is 30.8 Å². The molecule has 1 aliphatic rings. The van der Waals surface area contributed by atoms with E-state index in [9.17, 15) is 9.50 Å². The molecule has 0 saturated carbocycles. The van der Waals surface area contributed by atoms with Crippen LogP contribution in [0.2, 0.25) is 0 Å². The number of nitrogens with one attached hydrogen (secondary N) is 1. The van der Waals surface area contributed by atoms with E-state index < -0.39 is 6.10 Å². The Bertz CT molecular complexity index is 354. The first kappa shape index (κ1) is 10.2. The van der Waals surface area contributed by atoms with Gasteiger partial charge in [0.05, 0.1) is 17.5 Å². The molecule has 0 fully saturated rings. The van der Waals surface area contributed by atoms with Crippen LogP contribution in [0.5, 0.6) is 0 Å². The molecular weight excluding hydrogens is 195 g/mol. The second-order valence-corrected chi connectivity index (χ2v) is 3.86.